The summed E-state index contributed by atoms with van der Waals surface area (Å²) in [6.07, 6.45) is 0. The van der Waals surface area contributed by atoms with E-state index in [9.17, 15) is 14.9 Å². The van der Waals surface area contributed by atoms with Gasteiger partial charge in [0, 0.05) is 11.5 Å². The van der Waals surface area contributed by atoms with Crippen molar-refractivity contribution in [3.63, 3.8) is 0 Å². The number of hydrogen-bond acceptors (Lipinski definition) is 6. The van der Waals surface area contributed by atoms with Crippen LogP contribution in [0.2, 0.25) is 0 Å². The van der Waals surface area contributed by atoms with Crippen molar-refractivity contribution in [2.24, 2.45) is 0 Å². The van der Waals surface area contributed by atoms with E-state index in [1.54, 1.807) is 12.1 Å². The van der Waals surface area contributed by atoms with Gasteiger partial charge in [0.25, 0.3) is 5.69 Å². The number of benzene rings is 2. The van der Waals surface area contributed by atoms with Crippen molar-refractivity contribution in [2.75, 3.05) is 7.11 Å². The number of carbonyl (C=O) groups is 1. The van der Waals surface area contributed by atoms with Gasteiger partial charge in [-0.15, -0.1) is 0 Å². The molecule has 7 heteroatoms. The molecular formula is C17H12N2O5. The molecule has 0 radical (unpaired) electrons. The standard InChI is InChI=1S/C17H12N2O5/c1-23-15-9-7-12(19(21)22)10-16(15)24-17(20)14-8-6-11-4-2-3-5-13(11)18-14/h2-10H,1H3. The molecule has 7 nitrogen and oxygen atoms in total. The Kier molecular flexibility index (Phi) is 4.07. The Morgan fingerprint density at radius 1 is 1.08 bits per heavy atom. The zero-order chi connectivity index (χ0) is 17.1. The first-order valence-corrected chi connectivity index (χ1v) is 6.99. The molecule has 0 atom stereocenters. The average molecular weight is 324 g/mol. The van der Waals surface area contributed by atoms with Crippen LogP contribution in [0.1, 0.15) is 10.5 Å². The maximum absolute atomic E-state index is 12.3. The molecule has 0 bridgehead atoms. The van der Waals surface area contributed by atoms with E-state index < -0.39 is 10.9 Å². The number of ether oxygens (including phenoxy) is 2. The number of para-hydroxylation sites is 1. The lowest BCUT2D eigenvalue weighted by molar-refractivity contribution is -0.384. The lowest BCUT2D eigenvalue weighted by Crippen LogP contribution is -2.11. The molecule has 24 heavy (non-hydrogen) atoms. The largest absolute Gasteiger partial charge is 0.493 e. The Bertz CT molecular complexity index is 939. The number of non-ortho nitro benzene ring substituents is 1. The lowest BCUT2D eigenvalue weighted by Gasteiger charge is -2.09. The van der Waals surface area contributed by atoms with Crippen LogP contribution in [0.4, 0.5) is 5.69 Å². The van der Waals surface area contributed by atoms with Crippen molar-refractivity contribution in [2.45, 2.75) is 0 Å². The van der Waals surface area contributed by atoms with Gasteiger partial charge in [-0.05, 0) is 18.2 Å². The minimum Gasteiger partial charge on any atom is -0.493 e. The molecule has 0 unspecified atom stereocenters. The van der Waals surface area contributed by atoms with Gasteiger partial charge >= 0.3 is 5.97 Å². The zero-order valence-electron chi connectivity index (χ0n) is 12.6. The van der Waals surface area contributed by atoms with E-state index in [-0.39, 0.29) is 22.9 Å². The van der Waals surface area contributed by atoms with Crippen LogP contribution in [0.15, 0.2) is 54.6 Å². The first-order valence-electron chi connectivity index (χ1n) is 6.99. The van der Waals surface area contributed by atoms with E-state index >= 15 is 0 Å². The molecule has 0 amide bonds. The number of aromatic nitrogens is 1. The van der Waals surface area contributed by atoms with Gasteiger partial charge in [0.15, 0.2) is 11.5 Å². The quantitative estimate of drug-likeness (QED) is 0.316. The summed E-state index contributed by atoms with van der Waals surface area (Å²) in [6.45, 7) is 0. The maximum atomic E-state index is 12.3. The number of esters is 1. The zero-order valence-corrected chi connectivity index (χ0v) is 12.6. The maximum Gasteiger partial charge on any atom is 0.362 e. The van der Waals surface area contributed by atoms with Gasteiger partial charge in [-0.2, -0.15) is 0 Å². The Labute approximate surface area is 136 Å². The number of fused-ring (bicyclic) bond motifs is 1. The summed E-state index contributed by atoms with van der Waals surface area (Å²) in [7, 11) is 1.38. The topological polar surface area (TPSA) is 91.6 Å². The smallest absolute Gasteiger partial charge is 0.362 e. The number of pyridine rings is 1. The summed E-state index contributed by atoms with van der Waals surface area (Å²) in [6, 6.07) is 14.4. The van der Waals surface area contributed by atoms with Gasteiger partial charge in [0.05, 0.1) is 23.6 Å². The van der Waals surface area contributed by atoms with Gasteiger partial charge in [0.1, 0.15) is 5.69 Å². The number of nitrogens with zero attached hydrogens (tertiary/aromatic N) is 2. The highest BCUT2D eigenvalue weighted by Gasteiger charge is 2.17. The van der Waals surface area contributed by atoms with E-state index in [4.69, 9.17) is 9.47 Å². The molecule has 0 saturated carbocycles. The highest BCUT2D eigenvalue weighted by molar-refractivity contribution is 5.92. The summed E-state index contributed by atoms with van der Waals surface area (Å²) in [5.74, 6) is -0.541. The van der Waals surface area contributed by atoms with Crippen LogP contribution in [0.5, 0.6) is 11.5 Å². The number of carbonyl (C=O) groups excluding carboxylic acids is 1. The number of hydrogen-bond donors (Lipinski definition) is 0. The summed E-state index contributed by atoms with van der Waals surface area (Å²) >= 11 is 0. The fraction of sp³-hybridized carbons (Fsp3) is 0.0588. The molecule has 0 spiro atoms. The molecule has 0 aliphatic rings. The minimum atomic E-state index is -0.723. The first kappa shape index (κ1) is 15.4. The molecule has 0 N–H and O–H groups in total. The van der Waals surface area contributed by atoms with Crippen molar-refractivity contribution >= 4 is 22.6 Å². The van der Waals surface area contributed by atoms with Crippen LogP contribution in [0.25, 0.3) is 10.9 Å². The summed E-state index contributed by atoms with van der Waals surface area (Å²) < 4.78 is 10.3. The Morgan fingerprint density at radius 2 is 1.88 bits per heavy atom. The highest BCUT2D eigenvalue weighted by atomic mass is 16.6. The highest BCUT2D eigenvalue weighted by Crippen LogP contribution is 2.31. The fourth-order valence-corrected chi connectivity index (χ4v) is 2.19. The number of nitro groups is 1. The van der Waals surface area contributed by atoms with Crippen LogP contribution in [0.3, 0.4) is 0 Å². The van der Waals surface area contributed by atoms with Crippen molar-refractivity contribution < 1.29 is 19.2 Å². The van der Waals surface area contributed by atoms with Gasteiger partial charge in [0.2, 0.25) is 0 Å². The number of nitro benzene ring substituents is 1. The second kappa shape index (κ2) is 6.33. The second-order valence-corrected chi connectivity index (χ2v) is 4.87. The molecule has 0 fully saturated rings. The van der Waals surface area contributed by atoms with Gasteiger partial charge in [-0.1, -0.05) is 24.3 Å². The molecule has 2 aromatic carbocycles. The molecular weight excluding hydrogens is 312 g/mol. The normalized spacial score (nSPS) is 10.4. The van der Waals surface area contributed by atoms with E-state index in [1.807, 2.05) is 18.2 Å². The van der Waals surface area contributed by atoms with Crippen LogP contribution >= 0.6 is 0 Å². The molecule has 0 aliphatic carbocycles. The number of rotatable bonds is 4. The van der Waals surface area contributed by atoms with E-state index in [0.717, 1.165) is 11.5 Å². The van der Waals surface area contributed by atoms with Crippen molar-refractivity contribution in [3.8, 4) is 11.5 Å². The van der Waals surface area contributed by atoms with Crippen molar-refractivity contribution in [1.82, 2.24) is 4.98 Å². The third kappa shape index (κ3) is 3.00. The molecule has 3 rings (SSSR count). The molecule has 1 heterocycles. The summed E-state index contributed by atoms with van der Waals surface area (Å²) in [4.78, 5) is 26.8. The van der Waals surface area contributed by atoms with Crippen LogP contribution in [-0.4, -0.2) is 23.0 Å². The predicted octanol–water partition coefficient (Wildman–Crippen LogP) is 3.37. The Morgan fingerprint density at radius 3 is 2.62 bits per heavy atom. The third-order valence-corrected chi connectivity index (χ3v) is 3.37. The first-order chi connectivity index (χ1) is 11.6. The Balaban J connectivity index is 1.93. The Hall–Kier alpha value is -3.48. The van der Waals surface area contributed by atoms with Crippen molar-refractivity contribution in [1.29, 1.82) is 0 Å². The SMILES string of the molecule is COc1ccc([N+](=O)[O-])cc1OC(=O)c1ccc2ccccc2n1. The fourth-order valence-electron chi connectivity index (χ4n) is 2.19. The van der Waals surface area contributed by atoms with Crippen LogP contribution < -0.4 is 9.47 Å². The van der Waals surface area contributed by atoms with E-state index in [2.05, 4.69) is 4.98 Å². The second-order valence-electron chi connectivity index (χ2n) is 4.87. The van der Waals surface area contributed by atoms with Crippen molar-refractivity contribution in [3.05, 3.63) is 70.4 Å². The molecule has 0 aliphatic heterocycles. The summed E-state index contributed by atoms with van der Waals surface area (Å²) in [5, 5.41) is 11.8. The average Bonchev–Trinajstić information content (AvgIpc) is 2.61. The van der Waals surface area contributed by atoms with Crippen LogP contribution in [-0.2, 0) is 0 Å². The molecule has 120 valence electrons. The van der Waals surface area contributed by atoms with Gasteiger partial charge in [-0.3, -0.25) is 10.1 Å². The van der Waals surface area contributed by atoms with E-state index in [0.29, 0.717) is 5.52 Å². The monoisotopic (exact) mass is 324 g/mol. The predicted molar refractivity (Wildman–Crippen MR) is 86.3 cm³/mol. The number of methoxy groups -OCH3 is 1. The van der Waals surface area contributed by atoms with E-state index in [1.165, 1.54) is 25.3 Å². The molecule has 0 saturated heterocycles. The lowest BCUT2D eigenvalue weighted by atomic mass is 10.2. The van der Waals surface area contributed by atoms with Gasteiger partial charge < -0.3 is 9.47 Å². The summed E-state index contributed by atoms with van der Waals surface area (Å²) in [5.41, 5.74) is 0.547. The van der Waals surface area contributed by atoms with Crippen LogP contribution in [0, 0.1) is 10.1 Å². The van der Waals surface area contributed by atoms with Gasteiger partial charge in [-0.25, -0.2) is 9.78 Å². The molecule has 1 aromatic heterocycles. The third-order valence-electron chi connectivity index (χ3n) is 3.37. The minimum absolute atomic E-state index is 0.0355. The molecule has 3 aromatic rings.